The molecule has 98 valence electrons. The first-order chi connectivity index (χ1) is 8.40. The normalized spacial score (nSPS) is 13.5. The van der Waals surface area contributed by atoms with E-state index in [4.69, 9.17) is 14.6 Å². The third-order valence-electron chi connectivity index (χ3n) is 3.02. The van der Waals surface area contributed by atoms with Gasteiger partial charge in [-0.1, -0.05) is 0 Å². The van der Waals surface area contributed by atoms with Crippen LogP contribution in [-0.4, -0.2) is 24.4 Å². The second kappa shape index (κ2) is 4.40. The van der Waals surface area contributed by atoms with Gasteiger partial charge in [-0.05, 0) is 32.4 Å². The molecule has 18 heavy (non-hydrogen) atoms. The number of anilines is 1. The van der Waals surface area contributed by atoms with E-state index < -0.39 is 11.4 Å². The quantitative estimate of drug-likeness (QED) is 0.859. The Hall–Kier alpha value is -1.91. The SMILES string of the molecule is Cc1cc2c(cc1NCC(C)(C)C(=O)O)OCO2. The Labute approximate surface area is 106 Å². The molecule has 0 unspecified atom stereocenters. The first-order valence-electron chi connectivity index (χ1n) is 5.78. The fourth-order valence-electron chi connectivity index (χ4n) is 1.63. The van der Waals surface area contributed by atoms with E-state index >= 15 is 0 Å². The van der Waals surface area contributed by atoms with Gasteiger partial charge in [0.1, 0.15) is 0 Å². The maximum atomic E-state index is 11.0. The van der Waals surface area contributed by atoms with E-state index in [0.717, 1.165) is 17.0 Å². The van der Waals surface area contributed by atoms with Crippen molar-refractivity contribution < 1.29 is 19.4 Å². The molecule has 0 bridgehead atoms. The number of fused-ring (bicyclic) bond motifs is 1. The predicted molar refractivity (Wildman–Crippen MR) is 67.2 cm³/mol. The standard InChI is InChI=1S/C13H17NO4/c1-8-4-10-11(18-7-17-10)5-9(8)14-6-13(2,3)12(15)16/h4-5,14H,6-7H2,1-3H3,(H,15,16). The van der Waals surface area contributed by atoms with E-state index in [-0.39, 0.29) is 6.79 Å². The third-order valence-corrected chi connectivity index (χ3v) is 3.02. The van der Waals surface area contributed by atoms with Crippen LogP contribution in [0.4, 0.5) is 5.69 Å². The molecule has 0 saturated carbocycles. The van der Waals surface area contributed by atoms with Crippen molar-refractivity contribution in [2.24, 2.45) is 5.41 Å². The van der Waals surface area contributed by atoms with E-state index in [2.05, 4.69) is 5.32 Å². The molecule has 1 heterocycles. The van der Waals surface area contributed by atoms with Crippen LogP contribution in [0.1, 0.15) is 19.4 Å². The molecule has 0 amide bonds. The Bertz CT molecular complexity index is 482. The Balaban J connectivity index is 2.13. The minimum Gasteiger partial charge on any atom is -0.481 e. The minimum atomic E-state index is -0.826. The minimum absolute atomic E-state index is 0.235. The number of rotatable bonds is 4. The first kappa shape index (κ1) is 12.5. The van der Waals surface area contributed by atoms with Crippen LogP contribution < -0.4 is 14.8 Å². The van der Waals surface area contributed by atoms with Gasteiger partial charge in [0.2, 0.25) is 6.79 Å². The highest BCUT2D eigenvalue weighted by Gasteiger charge is 2.27. The molecule has 5 nitrogen and oxygen atoms in total. The zero-order valence-corrected chi connectivity index (χ0v) is 10.7. The van der Waals surface area contributed by atoms with Gasteiger partial charge < -0.3 is 19.9 Å². The molecule has 0 radical (unpaired) electrons. The van der Waals surface area contributed by atoms with Crippen LogP contribution in [0.15, 0.2) is 12.1 Å². The molecule has 0 aliphatic carbocycles. The molecule has 0 atom stereocenters. The first-order valence-corrected chi connectivity index (χ1v) is 5.78. The van der Waals surface area contributed by atoms with Gasteiger partial charge in [0.15, 0.2) is 11.5 Å². The number of carboxylic acid groups (broad SMARTS) is 1. The summed E-state index contributed by atoms with van der Waals surface area (Å²) in [6.07, 6.45) is 0. The molecule has 5 heteroatoms. The van der Waals surface area contributed by atoms with Gasteiger partial charge in [-0.2, -0.15) is 0 Å². The molecule has 1 aliphatic heterocycles. The Morgan fingerprint density at radius 2 is 2.00 bits per heavy atom. The number of carboxylic acids is 1. The van der Waals surface area contributed by atoms with Crippen molar-refractivity contribution in [3.8, 4) is 11.5 Å². The average molecular weight is 251 g/mol. The van der Waals surface area contributed by atoms with E-state index in [1.807, 2.05) is 19.1 Å². The lowest BCUT2D eigenvalue weighted by atomic mass is 9.93. The Morgan fingerprint density at radius 1 is 1.39 bits per heavy atom. The monoisotopic (exact) mass is 251 g/mol. The maximum Gasteiger partial charge on any atom is 0.310 e. The van der Waals surface area contributed by atoms with Crippen molar-refractivity contribution in [2.45, 2.75) is 20.8 Å². The number of hydrogen-bond donors (Lipinski definition) is 2. The summed E-state index contributed by atoms with van der Waals surface area (Å²) < 4.78 is 10.6. The van der Waals surface area contributed by atoms with E-state index in [0.29, 0.717) is 12.3 Å². The predicted octanol–water partition coefficient (Wildman–Crippen LogP) is 2.25. The van der Waals surface area contributed by atoms with E-state index in [1.165, 1.54) is 0 Å². The number of aryl methyl sites for hydroxylation is 1. The zero-order valence-electron chi connectivity index (χ0n) is 10.7. The lowest BCUT2D eigenvalue weighted by molar-refractivity contribution is -0.146. The van der Waals surface area contributed by atoms with Gasteiger partial charge in [0, 0.05) is 18.3 Å². The topological polar surface area (TPSA) is 67.8 Å². The second-order valence-corrected chi connectivity index (χ2v) is 5.06. The van der Waals surface area contributed by atoms with Crippen LogP contribution in [0.3, 0.4) is 0 Å². The molecule has 1 aromatic rings. The van der Waals surface area contributed by atoms with E-state index in [1.54, 1.807) is 13.8 Å². The molecule has 2 N–H and O–H groups in total. The van der Waals surface area contributed by atoms with Crippen molar-refractivity contribution in [1.29, 1.82) is 0 Å². The molecule has 0 aromatic heterocycles. The second-order valence-electron chi connectivity index (χ2n) is 5.06. The van der Waals surface area contributed by atoms with Crippen molar-refractivity contribution in [2.75, 3.05) is 18.7 Å². The highest BCUT2D eigenvalue weighted by molar-refractivity contribution is 5.74. The largest absolute Gasteiger partial charge is 0.481 e. The van der Waals surface area contributed by atoms with Gasteiger partial charge in [-0.3, -0.25) is 4.79 Å². The average Bonchev–Trinajstić information content (AvgIpc) is 2.72. The molecule has 0 fully saturated rings. The summed E-state index contributed by atoms with van der Waals surface area (Å²) in [6.45, 7) is 5.90. The number of aliphatic carboxylic acids is 1. The number of nitrogens with one attached hydrogen (secondary N) is 1. The van der Waals surface area contributed by atoms with Crippen molar-refractivity contribution >= 4 is 11.7 Å². The van der Waals surface area contributed by atoms with Crippen LogP contribution in [0.2, 0.25) is 0 Å². The third kappa shape index (κ3) is 2.34. The van der Waals surface area contributed by atoms with Gasteiger partial charge >= 0.3 is 5.97 Å². The van der Waals surface area contributed by atoms with Crippen LogP contribution >= 0.6 is 0 Å². The number of benzene rings is 1. The summed E-state index contributed by atoms with van der Waals surface area (Å²) in [5.41, 5.74) is 1.05. The van der Waals surface area contributed by atoms with Crippen LogP contribution in [-0.2, 0) is 4.79 Å². The Morgan fingerprint density at radius 3 is 2.61 bits per heavy atom. The summed E-state index contributed by atoms with van der Waals surface area (Å²) in [5.74, 6) is 0.597. The highest BCUT2D eigenvalue weighted by Crippen LogP contribution is 2.37. The fraction of sp³-hybridized carbons (Fsp3) is 0.462. The van der Waals surface area contributed by atoms with Crippen molar-refractivity contribution in [3.05, 3.63) is 17.7 Å². The molecule has 1 aliphatic rings. The Kier molecular flexibility index (Phi) is 3.07. The summed E-state index contributed by atoms with van der Waals surface area (Å²) in [6, 6.07) is 3.73. The van der Waals surface area contributed by atoms with Gasteiger partial charge in [-0.25, -0.2) is 0 Å². The maximum absolute atomic E-state index is 11.0. The lowest BCUT2D eigenvalue weighted by Gasteiger charge is -2.21. The molecule has 2 rings (SSSR count). The molecular formula is C13H17NO4. The van der Waals surface area contributed by atoms with Crippen LogP contribution in [0.25, 0.3) is 0 Å². The zero-order chi connectivity index (χ0) is 13.3. The molecule has 0 saturated heterocycles. The summed E-state index contributed by atoms with van der Waals surface area (Å²) >= 11 is 0. The van der Waals surface area contributed by atoms with Crippen LogP contribution in [0, 0.1) is 12.3 Å². The van der Waals surface area contributed by atoms with Crippen molar-refractivity contribution in [1.82, 2.24) is 0 Å². The number of ether oxygens (including phenoxy) is 2. The fourth-order valence-corrected chi connectivity index (χ4v) is 1.63. The number of carbonyl (C=O) groups is 1. The molecule has 1 aromatic carbocycles. The summed E-state index contributed by atoms with van der Waals surface area (Å²) in [7, 11) is 0. The molecule has 0 spiro atoms. The van der Waals surface area contributed by atoms with Gasteiger partial charge in [0.25, 0.3) is 0 Å². The van der Waals surface area contributed by atoms with Crippen molar-refractivity contribution in [3.63, 3.8) is 0 Å². The van der Waals surface area contributed by atoms with E-state index in [9.17, 15) is 4.79 Å². The smallest absolute Gasteiger partial charge is 0.310 e. The summed E-state index contributed by atoms with van der Waals surface area (Å²) in [5, 5.41) is 12.2. The van der Waals surface area contributed by atoms with Gasteiger partial charge in [0.05, 0.1) is 5.41 Å². The molecular weight excluding hydrogens is 234 g/mol. The van der Waals surface area contributed by atoms with Gasteiger partial charge in [-0.15, -0.1) is 0 Å². The van der Waals surface area contributed by atoms with Crippen LogP contribution in [0.5, 0.6) is 11.5 Å². The summed E-state index contributed by atoms with van der Waals surface area (Å²) in [4.78, 5) is 11.0. The highest BCUT2D eigenvalue weighted by atomic mass is 16.7. The number of hydrogen-bond acceptors (Lipinski definition) is 4. The lowest BCUT2D eigenvalue weighted by Crippen LogP contribution is -2.31.